The lowest BCUT2D eigenvalue weighted by molar-refractivity contribution is 0.197. The van der Waals surface area contributed by atoms with Gasteiger partial charge >= 0.3 is 0 Å². The largest absolute Gasteiger partial charge is 0.207 e. The third kappa shape index (κ3) is 2.12. The van der Waals surface area contributed by atoms with Gasteiger partial charge in [0.05, 0.1) is 0 Å². The summed E-state index contributed by atoms with van der Waals surface area (Å²) in [6.45, 7) is 0. The van der Waals surface area contributed by atoms with Crippen LogP contribution in [0.5, 0.6) is 0 Å². The molecule has 2 aliphatic carbocycles. The van der Waals surface area contributed by atoms with Crippen LogP contribution in [0, 0.1) is 23.1 Å². The molecule has 98 valence electrons. The van der Waals surface area contributed by atoms with Crippen molar-refractivity contribution in [3.05, 3.63) is 34.6 Å². The highest BCUT2D eigenvalue weighted by atomic mass is 79.9. The van der Waals surface area contributed by atoms with Gasteiger partial charge in [0.2, 0.25) is 0 Å². The van der Waals surface area contributed by atoms with Crippen molar-refractivity contribution in [3.63, 3.8) is 0 Å². The molecule has 0 amide bonds. The molecule has 0 saturated heterocycles. The normalized spacial score (nSPS) is 34.2. The molecule has 0 aliphatic heterocycles. The van der Waals surface area contributed by atoms with E-state index in [4.69, 9.17) is 11.6 Å². The Kier molecular flexibility index (Phi) is 3.44. The summed E-state index contributed by atoms with van der Waals surface area (Å²) in [4.78, 5) is 0. The zero-order chi connectivity index (χ0) is 12.8. The Morgan fingerprint density at radius 1 is 1.39 bits per heavy atom. The average Bonchev–Trinajstić information content (AvgIpc) is 2.94. The maximum absolute atomic E-state index is 13.4. The second-order valence-corrected chi connectivity index (χ2v) is 6.96. The zero-order valence-corrected chi connectivity index (χ0v) is 12.6. The molecule has 3 heteroatoms. The van der Waals surface area contributed by atoms with Crippen LogP contribution in [0.4, 0.5) is 4.39 Å². The van der Waals surface area contributed by atoms with Gasteiger partial charge in [-0.1, -0.05) is 34.0 Å². The molecule has 2 fully saturated rings. The predicted octanol–water partition coefficient (Wildman–Crippen LogP) is 5.22. The zero-order valence-electron chi connectivity index (χ0n) is 10.3. The van der Waals surface area contributed by atoms with Gasteiger partial charge in [-0.25, -0.2) is 4.39 Å². The Morgan fingerprint density at radius 3 is 2.83 bits per heavy atom. The van der Waals surface area contributed by atoms with Gasteiger partial charge in [-0.2, -0.15) is 0 Å². The second-order valence-electron chi connectivity index (χ2n) is 5.99. The summed E-state index contributed by atoms with van der Waals surface area (Å²) < 4.78 is 13.4. The molecular formula is C15H17BrClF. The molecule has 1 aromatic rings. The molecule has 0 spiro atoms. The maximum atomic E-state index is 13.4. The van der Waals surface area contributed by atoms with Crippen molar-refractivity contribution < 1.29 is 4.39 Å². The Hall–Kier alpha value is -0.0800. The van der Waals surface area contributed by atoms with E-state index in [9.17, 15) is 4.39 Å². The van der Waals surface area contributed by atoms with Crippen LogP contribution in [0.2, 0.25) is 5.02 Å². The minimum atomic E-state index is -0.178. The number of benzene rings is 1. The van der Waals surface area contributed by atoms with Gasteiger partial charge in [0.15, 0.2) is 0 Å². The maximum Gasteiger partial charge on any atom is 0.123 e. The summed E-state index contributed by atoms with van der Waals surface area (Å²) in [5.74, 6) is 1.50. The SMILES string of the molecule is Fc1ccc(Cl)c(CC2(CBr)CC3CCC2C3)c1. The van der Waals surface area contributed by atoms with Gasteiger partial charge in [-0.05, 0) is 66.7 Å². The molecule has 0 aromatic heterocycles. The minimum absolute atomic E-state index is 0.178. The van der Waals surface area contributed by atoms with E-state index in [2.05, 4.69) is 15.9 Å². The standard InChI is InChI=1S/C15H17BrClF/c16-9-15(7-10-1-2-12(15)5-10)8-11-6-13(18)3-4-14(11)17/h3-4,6,10,12H,1-2,5,7-9H2. The molecule has 2 aliphatic rings. The van der Waals surface area contributed by atoms with Crippen LogP contribution in [-0.4, -0.2) is 5.33 Å². The molecule has 3 atom stereocenters. The molecule has 3 unspecified atom stereocenters. The first-order valence-corrected chi connectivity index (χ1v) is 8.13. The Morgan fingerprint density at radius 2 is 2.22 bits per heavy atom. The smallest absolute Gasteiger partial charge is 0.123 e. The number of rotatable bonds is 3. The molecule has 2 saturated carbocycles. The van der Waals surface area contributed by atoms with Crippen LogP contribution in [0.3, 0.4) is 0 Å². The number of hydrogen-bond acceptors (Lipinski definition) is 0. The van der Waals surface area contributed by atoms with E-state index in [-0.39, 0.29) is 5.82 Å². The van der Waals surface area contributed by atoms with Gasteiger partial charge < -0.3 is 0 Å². The van der Waals surface area contributed by atoms with Crippen LogP contribution in [-0.2, 0) is 6.42 Å². The van der Waals surface area contributed by atoms with E-state index in [0.717, 1.165) is 29.2 Å². The van der Waals surface area contributed by atoms with Crippen molar-refractivity contribution in [1.82, 2.24) is 0 Å². The fourth-order valence-electron chi connectivity index (χ4n) is 4.04. The van der Waals surface area contributed by atoms with E-state index in [1.165, 1.54) is 31.7 Å². The lowest BCUT2D eigenvalue weighted by Gasteiger charge is -2.36. The molecule has 3 rings (SSSR count). The number of alkyl halides is 1. The highest BCUT2D eigenvalue weighted by Gasteiger charge is 2.50. The molecule has 1 aromatic carbocycles. The van der Waals surface area contributed by atoms with E-state index in [0.29, 0.717) is 10.4 Å². The number of hydrogen-bond donors (Lipinski definition) is 0. The lowest BCUT2D eigenvalue weighted by atomic mass is 9.71. The predicted molar refractivity (Wildman–Crippen MR) is 76.8 cm³/mol. The van der Waals surface area contributed by atoms with Crippen LogP contribution < -0.4 is 0 Å². The Bertz CT molecular complexity index is 462. The fourth-order valence-corrected chi connectivity index (χ4v) is 5.11. The van der Waals surface area contributed by atoms with Crippen molar-refractivity contribution >= 4 is 27.5 Å². The summed E-state index contributed by atoms with van der Waals surface area (Å²) in [5.41, 5.74) is 1.28. The highest BCUT2D eigenvalue weighted by Crippen LogP contribution is 2.58. The molecule has 2 bridgehead atoms. The first-order valence-electron chi connectivity index (χ1n) is 6.63. The van der Waals surface area contributed by atoms with Gasteiger partial charge in [0, 0.05) is 10.4 Å². The fraction of sp³-hybridized carbons (Fsp3) is 0.600. The molecule has 0 nitrogen and oxygen atoms in total. The first-order chi connectivity index (χ1) is 8.63. The van der Waals surface area contributed by atoms with Crippen molar-refractivity contribution in [1.29, 1.82) is 0 Å². The van der Waals surface area contributed by atoms with Crippen molar-refractivity contribution in [2.75, 3.05) is 5.33 Å². The Labute approximate surface area is 121 Å². The van der Waals surface area contributed by atoms with Crippen LogP contribution >= 0.6 is 27.5 Å². The molecule has 18 heavy (non-hydrogen) atoms. The monoisotopic (exact) mass is 330 g/mol. The second kappa shape index (κ2) is 4.79. The lowest BCUT2D eigenvalue weighted by Crippen LogP contribution is -2.32. The molecule has 0 N–H and O–H groups in total. The van der Waals surface area contributed by atoms with E-state index < -0.39 is 0 Å². The third-order valence-electron chi connectivity index (χ3n) is 4.92. The van der Waals surface area contributed by atoms with Crippen LogP contribution in [0.15, 0.2) is 18.2 Å². The highest BCUT2D eigenvalue weighted by molar-refractivity contribution is 9.09. The van der Waals surface area contributed by atoms with E-state index >= 15 is 0 Å². The summed E-state index contributed by atoms with van der Waals surface area (Å²) >= 11 is 9.91. The van der Waals surface area contributed by atoms with Gasteiger partial charge in [0.25, 0.3) is 0 Å². The summed E-state index contributed by atoms with van der Waals surface area (Å²) in [6.07, 6.45) is 6.27. The number of fused-ring (bicyclic) bond motifs is 2. The van der Waals surface area contributed by atoms with Crippen molar-refractivity contribution in [2.24, 2.45) is 17.3 Å². The average molecular weight is 332 g/mol. The van der Waals surface area contributed by atoms with Crippen molar-refractivity contribution in [2.45, 2.75) is 32.1 Å². The third-order valence-corrected chi connectivity index (χ3v) is 6.40. The molecular weight excluding hydrogens is 315 g/mol. The van der Waals surface area contributed by atoms with E-state index in [1.807, 2.05) is 0 Å². The number of halogens is 3. The van der Waals surface area contributed by atoms with Gasteiger partial charge in [0.1, 0.15) is 5.82 Å². The summed E-state index contributed by atoms with van der Waals surface area (Å²) in [7, 11) is 0. The van der Waals surface area contributed by atoms with Crippen LogP contribution in [0.25, 0.3) is 0 Å². The minimum Gasteiger partial charge on any atom is -0.207 e. The first kappa shape index (κ1) is 12.9. The topological polar surface area (TPSA) is 0 Å². The van der Waals surface area contributed by atoms with Gasteiger partial charge in [-0.15, -0.1) is 0 Å². The van der Waals surface area contributed by atoms with Crippen molar-refractivity contribution in [3.8, 4) is 0 Å². The quantitative estimate of drug-likeness (QED) is 0.666. The van der Waals surface area contributed by atoms with Crippen LogP contribution in [0.1, 0.15) is 31.2 Å². The van der Waals surface area contributed by atoms with Gasteiger partial charge in [-0.3, -0.25) is 0 Å². The Balaban J connectivity index is 1.88. The molecule has 0 radical (unpaired) electrons. The van der Waals surface area contributed by atoms with E-state index in [1.54, 1.807) is 12.1 Å². The molecule has 0 heterocycles. The summed E-state index contributed by atoms with van der Waals surface area (Å²) in [5, 5.41) is 1.72. The summed E-state index contributed by atoms with van der Waals surface area (Å²) in [6, 6.07) is 4.73.